The van der Waals surface area contributed by atoms with E-state index in [1.165, 1.54) is 6.42 Å². The number of aliphatic hydroxyl groups excluding tert-OH is 7. The molecule has 25 heteroatoms. The summed E-state index contributed by atoms with van der Waals surface area (Å²) in [6, 6.07) is -7.61. The quantitative estimate of drug-likeness (QED) is 0.0574. The number of fused-ring (bicyclic) bond motifs is 2. The van der Waals surface area contributed by atoms with E-state index in [-0.39, 0.29) is 24.2 Å². The van der Waals surface area contributed by atoms with E-state index in [0.29, 0.717) is 29.6 Å². The van der Waals surface area contributed by atoms with Crippen LogP contribution in [0.2, 0.25) is 0 Å². The van der Waals surface area contributed by atoms with Crippen molar-refractivity contribution in [2.24, 2.45) is 17.6 Å². The molecule has 15 unspecified atom stereocenters. The van der Waals surface area contributed by atoms with Crippen LogP contribution in [0, 0.1) is 11.8 Å². The van der Waals surface area contributed by atoms with Crippen molar-refractivity contribution in [1.82, 2.24) is 36.4 Å². The zero-order chi connectivity index (χ0) is 55.8. The summed E-state index contributed by atoms with van der Waals surface area (Å²) >= 11 is 0. The third-order valence-corrected chi connectivity index (χ3v) is 14.2. The molecule has 75 heavy (non-hydrogen) atoms. The summed E-state index contributed by atoms with van der Waals surface area (Å²) in [5.41, 5.74) is 5.20. The number of benzene rings is 1. The number of nitrogens with two attached hydrogens (primary N) is 1. The molecular weight excluding hydrogens is 985 g/mol. The van der Waals surface area contributed by atoms with Gasteiger partial charge in [-0.3, -0.25) is 43.2 Å². The van der Waals surface area contributed by atoms with E-state index in [4.69, 9.17) is 5.73 Å². The standard InChI is InChI=1S/C50H78N8O17/c1-5-25(2)20-26(3)12-10-8-6-7-9-11-13-37(66)52-31-22-35(64)46(71)56-48(73)41-33(62)18-19-57(41)50(75)39(34(63)23-36(51)65)54-47(72)40(43(68)42(67)28-14-16-29(60)17-15-28)55-45(70)32-21-30(61)24-58(32)49(74)38(27(4)59)53-44(31)69/h14-17,25-27,30-34,38-43,46,59-63,67-68,71H,5-13,18-24H2,1-4H3,(H2,51,65)(H,52,66)(H,53,69)(H,54,72)(H,55,70)(H,56,73). The van der Waals surface area contributed by atoms with Gasteiger partial charge in [-0.15, -0.1) is 0 Å². The Hall–Kier alpha value is -5.83. The number of Topliss-reactive ketones (excluding diaryl/α,β-unsaturated/α-hetero) is 1. The number of rotatable bonds is 20. The van der Waals surface area contributed by atoms with Crippen molar-refractivity contribution in [1.29, 1.82) is 0 Å². The maximum atomic E-state index is 14.4. The van der Waals surface area contributed by atoms with Gasteiger partial charge >= 0.3 is 0 Å². The Labute approximate surface area is 435 Å². The third-order valence-electron chi connectivity index (χ3n) is 14.2. The van der Waals surface area contributed by atoms with Crippen LogP contribution in [-0.4, -0.2) is 190 Å². The fourth-order valence-corrected chi connectivity index (χ4v) is 9.69. The Kier molecular flexibility index (Phi) is 23.8. The molecule has 15 atom stereocenters. The van der Waals surface area contributed by atoms with Crippen molar-refractivity contribution in [3.63, 3.8) is 0 Å². The number of unbranched alkanes of at least 4 members (excludes halogenated alkanes) is 5. The molecule has 0 aromatic heterocycles. The molecule has 0 radical (unpaired) electrons. The summed E-state index contributed by atoms with van der Waals surface area (Å²) in [6.45, 7) is 6.69. The number of nitrogens with one attached hydrogen (secondary N) is 5. The van der Waals surface area contributed by atoms with Crippen molar-refractivity contribution < 1.29 is 84.0 Å². The third kappa shape index (κ3) is 17.6. The lowest BCUT2D eigenvalue weighted by atomic mass is 9.91. The minimum Gasteiger partial charge on any atom is -0.508 e. The number of carbonyl (C=O) groups excluding carboxylic acids is 9. The van der Waals surface area contributed by atoms with Gasteiger partial charge in [0.1, 0.15) is 54.2 Å². The minimum absolute atomic E-state index is 0.109. The molecule has 0 aliphatic carbocycles. The zero-order valence-corrected chi connectivity index (χ0v) is 43.0. The Balaban J connectivity index is 1.69. The number of aromatic hydroxyl groups is 1. The molecule has 8 amide bonds. The first-order valence-corrected chi connectivity index (χ1v) is 25.8. The molecule has 1 aromatic carbocycles. The van der Waals surface area contributed by atoms with Crippen molar-refractivity contribution in [2.45, 2.75) is 197 Å². The van der Waals surface area contributed by atoms with Gasteiger partial charge < -0.3 is 83.0 Å². The monoisotopic (exact) mass is 1060 g/mol. The summed E-state index contributed by atoms with van der Waals surface area (Å²) in [7, 11) is 0. The highest BCUT2D eigenvalue weighted by Crippen LogP contribution is 2.26. The van der Waals surface area contributed by atoms with Crippen LogP contribution in [0.3, 0.4) is 0 Å². The van der Waals surface area contributed by atoms with Crippen LogP contribution >= 0.6 is 0 Å². The Morgan fingerprint density at radius 1 is 0.747 bits per heavy atom. The number of phenols is 1. The van der Waals surface area contributed by atoms with E-state index in [9.17, 15) is 84.0 Å². The maximum Gasteiger partial charge on any atom is 0.248 e. The molecule has 25 nitrogen and oxygen atoms in total. The highest BCUT2D eigenvalue weighted by molar-refractivity contribution is 6.00. The molecule has 3 fully saturated rings. The van der Waals surface area contributed by atoms with Crippen molar-refractivity contribution in [3.8, 4) is 5.75 Å². The number of aliphatic hydroxyl groups is 7. The molecular formula is C50H78N8O17. The average Bonchev–Trinajstić information content (AvgIpc) is 3.95. The number of amides is 8. The SMILES string of the molecule is CCC(C)CC(C)CCCCCCCCC(=O)NC1CC(=O)C(O)NC(=O)C2C(O)CCN2C(=O)C(C(O)CC(N)=O)NC(=O)C(C(O)C(O)c2ccc(O)cc2)NC(=O)C2CC(O)CN2C(=O)C(C(C)O)NC1=O. The van der Waals surface area contributed by atoms with Crippen LogP contribution < -0.4 is 32.3 Å². The molecule has 0 saturated carbocycles. The Morgan fingerprint density at radius 3 is 1.97 bits per heavy atom. The summed E-state index contributed by atoms with van der Waals surface area (Å²) in [4.78, 5) is 126. The first-order chi connectivity index (χ1) is 35.3. The largest absolute Gasteiger partial charge is 0.508 e. The van der Waals surface area contributed by atoms with E-state index >= 15 is 0 Å². The van der Waals surface area contributed by atoms with E-state index < -0.39 is 164 Å². The summed E-state index contributed by atoms with van der Waals surface area (Å²) in [5, 5.41) is 98.7. The van der Waals surface area contributed by atoms with Gasteiger partial charge in [-0.25, -0.2) is 0 Å². The molecule has 1 aromatic rings. The normalized spacial score (nSPS) is 28.0. The highest BCUT2D eigenvalue weighted by Gasteiger charge is 2.49. The highest BCUT2D eigenvalue weighted by atomic mass is 16.3. The smallest absolute Gasteiger partial charge is 0.248 e. The number of primary amides is 1. The molecule has 0 spiro atoms. The van der Waals surface area contributed by atoms with Crippen molar-refractivity contribution >= 4 is 53.0 Å². The fourth-order valence-electron chi connectivity index (χ4n) is 9.69. The van der Waals surface area contributed by atoms with Gasteiger partial charge in [0.15, 0.2) is 12.0 Å². The molecule has 3 saturated heterocycles. The predicted octanol–water partition coefficient (Wildman–Crippen LogP) is -3.13. The second kappa shape index (κ2) is 28.9. The number of carbonyl (C=O) groups is 9. The molecule has 0 bridgehead atoms. The number of ketones is 1. The van der Waals surface area contributed by atoms with Crippen LogP contribution in [0.15, 0.2) is 24.3 Å². The Morgan fingerprint density at radius 2 is 1.35 bits per heavy atom. The lowest BCUT2D eigenvalue weighted by Crippen LogP contribution is -2.64. The molecule has 15 N–H and O–H groups in total. The topological polar surface area (TPSA) is 408 Å². The molecule has 3 heterocycles. The number of nitrogens with zero attached hydrogens (tertiary/aromatic N) is 2. The van der Waals surface area contributed by atoms with Crippen LogP contribution in [0.1, 0.15) is 129 Å². The number of hydrogen-bond acceptors (Lipinski definition) is 17. The van der Waals surface area contributed by atoms with E-state index in [1.54, 1.807) is 0 Å². The van der Waals surface area contributed by atoms with Gasteiger partial charge in [0.25, 0.3) is 0 Å². The predicted molar refractivity (Wildman–Crippen MR) is 264 cm³/mol. The van der Waals surface area contributed by atoms with Crippen LogP contribution in [-0.2, 0) is 43.2 Å². The first-order valence-electron chi connectivity index (χ1n) is 25.8. The van der Waals surface area contributed by atoms with Crippen LogP contribution in [0.4, 0.5) is 0 Å². The van der Waals surface area contributed by atoms with Gasteiger partial charge in [0.05, 0.1) is 30.8 Å². The lowest BCUT2D eigenvalue weighted by molar-refractivity contribution is -0.149. The molecule has 420 valence electrons. The van der Waals surface area contributed by atoms with Crippen LogP contribution in [0.5, 0.6) is 5.75 Å². The number of hydrogen-bond donors (Lipinski definition) is 14. The van der Waals surface area contributed by atoms with E-state index in [2.05, 4.69) is 42.0 Å². The van der Waals surface area contributed by atoms with Gasteiger partial charge in [-0.05, 0) is 55.7 Å². The van der Waals surface area contributed by atoms with E-state index in [0.717, 1.165) is 74.6 Å². The van der Waals surface area contributed by atoms with Gasteiger partial charge in [-0.2, -0.15) is 0 Å². The fraction of sp³-hybridized carbons (Fsp3) is 0.700. The number of phenolic OH excluding ortho intramolecular Hbond substituents is 1. The van der Waals surface area contributed by atoms with Gasteiger partial charge in [0.2, 0.25) is 47.3 Å². The summed E-state index contributed by atoms with van der Waals surface area (Å²) in [5.74, 6) is -10.1. The average molecular weight is 1060 g/mol. The minimum atomic E-state index is -2.47. The van der Waals surface area contributed by atoms with Gasteiger partial charge in [-0.1, -0.05) is 77.8 Å². The first kappa shape index (κ1) is 61.7. The van der Waals surface area contributed by atoms with Crippen LogP contribution in [0.25, 0.3) is 0 Å². The van der Waals surface area contributed by atoms with E-state index in [1.807, 2.05) is 5.32 Å². The van der Waals surface area contributed by atoms with Gasteiger partial charge in [0, 0.05) is 32.4 Å². The summed E-state index contributed by atoms with van der Waals surface area (Å²) < 4.78 is 0. The second-order valence-electron chi connectivity index (χ2n) is 20.4. The second-order valence-corrected chi connectivity index (χ2v) is 20.4. The maximum absolute atomic E-state index is 14.4. The molecule has 4 rings (SSSR count). The van der Waals surface area contributed by atoms with Crippen molar-refractivity contribution in [2.75, 3.05) is 13.1 Å². The molecule has 3 aliphatic rings. The lowest BCUT2D eigenvalue weighted by Gasteiger charge is -2.34. The summed E-state index contributed by atoms with van der Waals surface area (Å²) in [6.07, 6.45) is -8.72. The molecule has 3 aliphatic heterocycles. The zero-order valence-electron chi connectivity index (χ0n) is 43.0. The Bertz CT molecular complexity index is 2150. The van der Waals surface area contributed by atoms with Crippen molar-refractivity contribution in [3.05, 3.63) is 29.8 Å².